The van der Waals surface area contributed by atoms with Gasteiger partial charge in [0.15, 0.2) is 0 Å². The molecule has 4 aromatic rings. The maximum Gasteiger partial charge on any atom is 0.420 e. The van der Waals surface area contributed by atoms with Crippen molar-refractivity contribution in [2.45, 2.75) is 11.1 Å². The van der Waals surface area contributed by atoms with Gasteiger partial charge in [-0.2, -0.15) is 23.4 Å². The molecule has 0 radical (unpaired) electrons. The molecule has 170 valence electrons. The number of benzene rings is 2. The summed E-state index contributed by atoms with van der Waals surface area (Å²) >= 11 is 6.93. The maximum absolute atomic E-state index is 13.8. The van der Waals surface area contributed by atoms with E-state index in [9.17, 15) is 21.6 Å². The minimum absolute atomic E-state index is 0.0560. The van der Waals surface area contributed by atoms with Gasteiger partial charge in [-0.15, -0.1) is 10.2 Å². The second-order valence-electron chi connectivity index (χ2n) is 6.38. The molecule has 0 saturated carbocycles. The van der Waals surface area contributed by atoms with Crippen LogP contribution in [-0.2, 0) is 16.2 Å². The number of nitrogens with zero attached hydrogens (tertiary/aromatic N) is 4. The first-order chi connectivity index (χ1) is 15.6. The summed E-state index contributed by atoms with van der Waals surface area (Å²) in [7, 11) is -4.34. The summed E-state index contributed by atoms with van der Waals surface area (Å²) in [5.41, 5.74) is 0.880. The van der Waals surface area contributed by atoms with Crippen LogP contribution in [0.2, 0.25) is 5.02 Å². The van der Waals surface area contributed by atoms with Gasteiger partial charge in [-0.1, -0.05) is 22.9 Å². The Labute approximate surface area is 194 Å². The molecule has 0 aliphatic carbocycles. The molecule has 0 atom stereocenters. The maximum atomic E-state index is 13.8. The van der Waals surface area contributed by atoms with E-state index in [4.69, 9.17) is 16.3 Å². The molecule has 14 heteroatoms. The van der Waals surface area contributed by atoms with Gasteiger partial charge in [0.05, 0.1) is 22.9 Å². The normalized spacial score (nSPS) is 11.9. The Kier molecular flexibility index (Phi) is 6.19. The van der Waals surface area contributed by atoms with Gasteiger partial charge in [-0.25, -0.2) is 8.42 Å². The Hall–Kier alpha value is -3.29. The van der Waals surface area contributed by atoms with Crippen molar-refractivity contribution in [1.82, 2.24) is 20.4 Å². The highest BCUT2D eigenvalue weighted by Crippen LogP contribution is 2.42. The fourth-order valence-electron chi connectivity index (χ4n) is 2.76. The van der Waals surface area contributed by atoms with Gasteiger partial charge in [0.2, 0.25) is 5.13 Å². The molecule has 33 heavy (non-hydrogen) atoms. The van der Waals surface area contributed by atoms with Gasteiger partial charge in [0, 0.05) is 16.1 Å². The summed E-state index contributed by atoms with van der Waals surface area (Å²) in [6, 6.07) is 8.37. The standard InChI is InChI=1S/C19H11ClF3N5O3S2/c20-12-1-3-16(14(7-12)11-5-6-24-25-9-11)31-17-4-2-13(8-15(17)19(21,22)23)33(29,30)28-18-27-26-10-32-18/h1-10H,(H,27,28). The zero-order valence-corrected chi connectivity index (χ0v) is 18.5. The van der Waals surface area contributed by atoms with E-state index in [-0.39, 0.29) is 10.9 Å². The Morgan fingerprint density at radius 1 is 1.00 bits per heavy atom. The first-order valence-electron chi connectivity index (χ1n) is 8.88. The van der Waals surface area contributed by atoms with Crippen molar-refractivity contribution >= 4 is 38.1 Å². The minimum Gasteiger partial charge on any atom is -0.456 e. The number of hydrogen-bond acceptors (Lipinski definition) is 8. The van der Waals surface area contributed by atoms with E-state index in [2.05, 4.69) is 25.1 Å². The summed E-state index contributed by atoms with van der Waals surface area (Å²) < 4.78 is 74.2. The summed E-state index contributed by atoms with van der Waals surface area (Å²) in [5.74, 6) is -0.538. The van der Waals surface area contributed by atoms with Crippen LogP contribution in [0.1, 0.15) is 5.56 Å². The van der Waals surface area contributed by atoms with E-state index in [0.29, 0.717) is 22.2 Å². The third-order valence-electron chi connectivity index (χ3n) is 4.21. The second kappa shape index (κ2) is 8.92. The Morgan fingerprint density at radius 2 is 1.79 bits per heavy atom. The van der Waals surface area contributed by atoms with Gasteiger partial charge in [-0.05, 0) is 42.5 Å². The molecule has 8 nitrogen and oxygen atoms in total. The van der Waals surface area contributed by atoms with Crippen LogP contribution in [0, 0.1) is 0 Å². The predicted molar refractivity (Wildman–Crippen MR) is 115 cm³/mol. The Balaban J connectivity index is 1.75. The average Bonchev–Trinajstić information content (AvgIpc) is 3.27. The third-order valence-corrected chi connectivity index (χ3v) is 6.51. The molecule has 0 aliphatic rings. The zero-order chi connectivity index (χ0) is 23.6. The third kappa shape index (κ3) is 5.21. The van der Waals surface area contributed by atoms with Crippen molar-refractivity contribution in [3.63, 3.8) is 0 Å². The molecular weight excluding hydrogens is 503 g/mol. The van der Waals surface area contributed by atoms with Crippen molar-refractivity contribution in [2.24, 2.45) is 0 Å². The lowest BCUT2D eigenvalue weighted by molar-refractivity contribution is -0.138. The predicted octanol–water partition coefficient (Wildman–Crippen LogP) is 5.26. The smallest absolute Gasteiger partial charge is 0.420 e. The van der Waals surface area contributed by atoms with Crippen LogP contribution in [0.25, 0.3) is 11.1 Å². The number of hydrogen-bond donors (Lipinski definition) is 1. The highest BCUT2D eigenvalue weighted by Gasteiger charge is 2.36. The molecule has 0 fully saturated rings. The first kappa shape index (κ1) is 22.9. The molecule has 0 saturated heterocycles. The highest BCUT2D eigenvalue weighted by atomic mass is 35.5. The summed E-state index contributed by atoms with van der Waals surface area (Å²) in [5, 5.41) is 14.7. The van der Waals surface area contributed by atoms with Crippen molar-refractivity contribution in [1.29, 1.82) is 0 Å². The summed E-state index contributed by atoms with van der Waals surface area (Å²) in [6.45, 7) is 0. The minimum atomic E-state index is -4.91. The van der Waals surface area contributed by atoms with Gasteiger partial charge < -0.3 is 4.74 Å². The molecule has 0 bridgehead atoms. The molecule has 0 spiro atoms. The quantitative estimate of drug-likeness (QED) is 0.374. The monoisotopic (exact) mass is 513 g/mol. The first-order valence-corrected chi connectivity index (χ1v) is 11.6. The molecule has 0 aliphatic heterocycles. The molecular formula is C19H11ClF3N5O3S2. The Morgan fingerprint density at radius 3 is 2.45 bits per heavy atom. The highest BCUT2D eigenvalue weighted by molar-refractivity contribution is 7.93. The van der Waals surface area contributed by atoms with E-state index < -0.39 is 32.4 Å². The summed E-state index contributed by atoms with van der Waals surface area (Å²) in [4.78, 5) is -0.618. The molecule has 2 aromatic heterocycles. The molecule has 0 unspecified atom stereocenters. The lowest BCUT2D eigenvalue weighted by Crippen LogP contribution is -2.15. The van der Waals surface area contributed by atoms with Crippen LogP contribution in [0.4, 0.5) is 18.3 Å². The topological polar surface area (TPSA) is 107 Å². The van der Waals surface area contributed by atoms with Crippen LogP contribution in [0.3, 0.4) is 0 Å². The van der Waals surface area contributed by atoms with E-state index in [1.165, 1.54) is 36.1 Å². The van der Waals surface area contributed by atoms with Crippen LogP contribution in [0.15, 0.2) is 65.3 Å². The fourth-order valence-corrected chi connectivity index (χ4v) is 4.65. The van der Waals surface area contributed by atoms with Crippen LogP contribution in [0.5, 0.6) is 11.5 Å². The number of halogens is 4. The fraction of sp³-hybridized carbons (Fsp3) is 0.0526. The van der Waals surface area contributed by atoms with Gasteiger partial charge in [-0.3, -0.25) is 4.72 Å². The zero-order valence-electron chi connectivity index (χ0n) is 16.1. The number of anilines is 1. The van der Waals surface area contributed by atoms with Crippen LogP contribution >= 0.6 is 22.9 Å². The van der Waals surface area contributed by atoms with Crippen molar-refractivity contribution in [3.05, 3.63) is 71.0 Å². The van der Waals surface area contributed by atoms with Gasteiger partial charge in [0.1, 0.15) is 17.0 Å². The number of rotatable bonds is 6. The van der Waals surface area contributed by atoms with E-state index >= 15 is 0 Å². The molecule has 4 rings (SSSR count). The number of sulfonamides is 1. The average molecular weight is 514 g/mol. The number of nitrogens with one attached hydrogen (secondary N) is 1. The van der Waals surface area contributed by atoms with Crippen LogP contribution in [-0.4, -0.2) is 28.8 Å². The number of alkyl halides is 3. The largest absolute Gasteiger partial charge is 0.456 e. The molecule has 2 aromatic carbocycles. The molecule has 0 amide bonds. The van der Waals surface area contributed by atoms with E-state index in [1.807, 2.05) is 0 Å². The SMILES string of the molecule is O=S(=O)(Nc1nncs1)c1ccc(Oc2ccc(Cl)cc2-c2ccnnc2)c(C(F)(F)F)c1. The second-order valence-corrected chi connectivity index (χ2v) is 9.33. The number of aromatic nitrogens is 4. The van der Waals surface area contributed by atoms with Crippen molar-refractivity contribution in [2.75, 3.05) is 4.72 Å². The van der Waals surface area contributed by atoms with Crippen molar-refractivity contribution in [3.8, 4) is 22.6 Å². The van der Waals surface area contributed by atoms with Gasteiger partial charge in [0.25, 0.3) is 10.0 Å². The molecule has 2 heterocycles. The van der Waals surface area contributed by atoms with E-state index in [0.717, 1.165) is 23.5 Å². The summed E-state index contributed by atoms with van der Waals surface area (Å²) in [6.07, 6.45) is -2.10. The van der Waals surface area contributed by atoms with Crippen LogP contribution < -0.4 is 9.46 Å². The van der Waals surface area contributed by atoms with E-state index in [1.54, 1.807) is 6.07 Å². The lowest BCUT2D eigenvalue weighted by atomic mass is 10.1. The number of ether oxygens (including phenoxy) is 1. The Bertz CT molecular complexity index is 1390. The lowest BCUT2D eigenvalue weighted by Gasteiger charge is -2.17. The van der Waals surface area contributed by atoms with Crippen molar-refractivity contribution < 1.29 is 26.3 Å². The van der Waals surface area contributed by atoms with Gasteiger partial charge >= 0.3 is 6.18 Å². The molecule has 1 N–H and O–H groups in total.